The van der Waals surface area contributed by atoms with E-state index in [1.165, 1.54) is 55.3 Å². The van der Waals surface area contributed by atoms with Gasteiger partial charge in [0.15, 0.2) is 17.5 Å². The number of furan rings is 1. The largest absolute Gasteiger partial charge is 0.456 e. The lowest BCUT2D eigenvalue weighted by Crippen LogP contribution is -2.28. The Hall–Kier alpha value is -8.73. The smallest absolute Gasteiger partial charge is 0.164 e. The van der Waals surface area contributed by atoms with Gasteiger partial charge in [-0.15, -0.1) is 0 Å². The Morgan fingerprint density at radius 1 is 0.318 bits per heavy atom. The van der Waals surface area contributed by atoms with Crippen LogP contribution in [0, 0.1) is 0 Å². The first-order valence-electron chi connectivity index (χ1n) is 22.4. The molecule has 12 aromatic rings. The first-order chi connectivity index (χ1) is 32.7. The topological polar surface area (TPSA) is 51.8 Å². The van der Waals surface area contributed by atoms with Crippen molar-refractivity contribution < 1.29 is 4.42 Å². The van der Waals surface area contributed by atoms with E-state index in [2.05, 4.69) is 164 Å². The van der Waals surface area contributed by atoms with E-state index in [9.17, 15) is 0 Å². The Balaban J connectivity index is 0.914. The molecule has 0 amide bonds. The minimum absolute atomic E-state index is 0.445. The molecule has 0 N–H and O–H groups in total. The second-order valence-corrected chi connectivity index (χ2v) is 17.1. The van der Waals surface area contributed by atoms with Gasteiger partial charge in [0.25, 0.3) is 0 Å². The van der Waals surface area contributed by atoms with E-state index >= 15 is 0 Å². The molecule has 13 rings (SSSR count). The van der Waals surface area contributed by atoms with Crippen LogP contribution >= 0.6 is 0 Å². The van der Waals surface area contributed by atoms with Gasteiger partial charge < -0.3 is 4.42 Å². The molecule has 0 bridgehead atoms. The van der Waals surface area contributed by atoms with Crippen molar-refractivity contribution in [1.29, 1.82) is 0 Å². The molecule has 0 spiro atoms. The van der Waals surface area contributed by atoms with Crippen molar-refractivity contribution >= 4 is 32.7 Å². The Morgan fingerprint density at radius 3 is 1.50 bits per heavy atom. The third-order valence-electron chi connectivity index (χ3n) is 13.4. The van der Waals surface area contributed by atoms with Gasteiger partial charge in [0.05, 0.1) is 5.41 Å². The molecule has 0 unspecified atom stereocenters. The second-order valence-electron chi connectivity index (χ2n) is 17.1. The lowest BCUT2D eigenvalue weighted by Gasteiger charge is -2.34. The molecule has 308 valence electrons. The van der Waals surface area contributed by atoms with Crippen molar-refractivity contribution in [3.8, 4) is 67.5 Å². The number of hydrogen-bond donors (Lipinski definition) is 0. The summed E-state index contributed by atoms with van der Waals surface area (Å²) in [5, 5.41) is 4.35. The molecule has 2 heterocycles. The summed E-state index contributed by atoms with van der Waals surface area (Å²) in [5.41, 5.74) is 16.3. The molecule has 2 aromatic heterocycles. The second kappa shape index (κ2) is 15.2. The van der Waals surface area contributed by atoms with Crippen molar-refractivity contribution in [2.45, 2.75) is 5.41 Å². The maximum absolute atomic E-state index is 6.51. The average molecular weight is 842 g/mol. The molecule has 10 aromatic carbocycles. The van der Waals surface area contributed by atoms with Gasteiger partial charge >= 0.3 is 0 Å². The van der Waals surface area contributed by atoms with Crippen LogP contribution in [0.5, 0.6) is 0 Å². The van der Waals surface area contributed by atoms with Gasteiger partial charge in [0, 0.05) is 27.5 Å². The molecule has 1 aliphatic rings. The molecule has 4 nitrogen and oxygen atoms in total. The summed E-state index contributed by atoms with van der Waals surface area (Å²) >= 11 is 0. The van der Waals surface area contributed by atoms with E-state index in [1.807, 2.05) is 72.8 Å². The fraction of sp³-hybridized carbons (Fsp3) is 0.0161. The van der Waals surface area contributed by atoms with Gasteiger partial charge in [0.2, 0.25) is 0 Å². The Morgan fingerprint density at radius 2 is 0.818 bits per heavy atom. The van der Waals surface area contributed by atoms with Gasteiger partial charge in [-0.3, -0.25) is 0 Å². The maximum atomic E-state index is 6.51. The first-order valence-corrected chi connectivity index (χ1v) is 22.4. The molecule has 0 radical (unpaired) electrons. The maximum Gasteiger partial charge on any atom is 0.164 e. The summed E-state index contributed by atoms with van der Waals surface area (Å²) < 4.78 is 6.51. The van der Waals surface area contributed by atoms with E-state index in [1.54, 1.807) is 0 Å². The Labute approximate surface area is 382 Å². The predicted molar refractivity (Wildman–Crippen MR) is 269 cm³/mol. The summed E-state index contributed by atoms with van der Waals surface area (Å²) in [4.78, 5) is 15.1. The van der Waals surface area contributed by atoms with E-state index in [0.717, 1.165) is 49.8 Å². The number of hydrogen-bond acceptors (Lipinski definition) is 4. The van der Waals surface area contributed by atoms with E-state index in [4.69, 9.17) is 19.4 Å². The molecule has 1 aliphatic carbocycles. The zero-order valence-corrected chi connectivity index (χ0v) is 35.8. The Bertz CT molecular complexity index is 3710. The fourth-order valence-corrected chi connectivity index (χ4v) is 10.4. The lowest BCUT2D eigenvalue weighted by molar-refractivity contribution is 0.669. The average Bonchev–Trinajstić information content (AvgIpc) is 3.93. The van der Waals surface area contributed by atoms with Crippen LogP contribution in [0.15, 0.2) is 241 Å². The first kappa shape index (κ1) is 37.8. The highest BCUT2D eigenvalue weighted by molar-refractivity contribution is 6.13. The molecule has 66 heavy (non-hydrogen) atoms. The van der Waals surface area contributed by atoms with Crippen LogP contribution in [-0.2, 0) is 5.41 Å². The van der Waals surface area contributed by atoms with Crippen molar-refractivity contribution in [3.05, 3.63) is 259 Å². The standard InChI is InChI=1S/C62H39N3O/c1-5-17-40(18-6-1)59-63-60(41-19-7-2-8-20-41)65-61(64-59)51-27-16-30-56-58(51)52-39-45(35-36-55(52)66-56)43-31-32-44-38-46(34-33-42(44)37-43)49-26-15-29-54-57(49)50-25-13-14-28-53(50)62(54,47-21-9-3-10-22-47)48-23-11-4-12-24-48/h1-39H. The highest BCUT2D eigenvalue weighted by atomic mass is 16.3. The van der Waals surface area contributed by atoms with Crippen molar-refractivity contribution in [2.75, 3.05) is 0 Å². The zero-order chi connectivity index (χ0) is 43.6. The minimum atomic E-state index is -0.445. The molecule has 4 heteroatoms. The van der Waals surface area contributed by atoms with Gasteiger partial charge in [-0.05, 0) is 96.7 Å². The quantitative estimate of drug-likeness (QED) is 0.160. The van der Waals surface area contributed by atoms with Crippen LogP contribution in [0.1, 0.15) is 22.3 Å². The normalized spacial score (nSPS) is 12.7. The monoisotopic (exact) mass is 841 g/mol. The van der Waals surface area contributed by atoms with Crippen LogP contribution < -0.4 is 0 Å². The highest BCUT2D eigenvalue weighted by Crippen LogP contribution is 2.58. The van der Waals surface area contributed by atoms with Crippen molar-refractivity contribution in [3.63, 3.8) is 0 Å². The SMILES string of the molecule is c1ccc(-c2nc(-c3ccccc3)nc(-c3cccc4oc5ccc(-c6ccc7cc(-c8cccc9c8-c8ccccc8C9(c8ccccc8)c8ccccc8)ccc7c6)cc5c34)n2)cc1. The molecule has 0 aliphatic heterocycles. The van der Waals surface area contributed by atoms with Crippen molar-refractivity contribution in [2.24, 2.45) is 0 Å². The molecule has 0 atom stereocenters. The van der Waals surface area contributed by atoms with Crippen LogP contribution in [0.3, 0.4) is 0 Å². The highest BCUT2D eigenvalue weighted by Gasteiger charge is 2.46. The number of nitrogens with zero attached hydrogens (tertiary/aromatic N) is 3. The Kier molecular flexibility index (Phi) is 8.72. The molecule has 0 fully saturated rings. The predicted octanol–water partition coefficient (Wildman–Crippen LogP) is 15.6. The van der Waals surface area contributed by atoms with Gasteiger partial charge in [-0.2, -0.15) is 0 Å². The zero-order valence-electron chi connectivity index (χ0n) is 35.8. The van der Waals surface area contributed by atoms with Crippen LogP contribution in [0.4, 0.5) is 0 Å². The van der Waals surface area contributed by atoms with Gasteiger partial charge in [-0.25, -0.2) is 15.0 Å². The molecular weight excluding hydrogens is 803 g/mol. The fourth-order valence-electron chi connectivity index (χ4n) is 10.4. The summed E-state index contributed by atoms with van der Waals surface area (Å²) in [7, 11) is 0. The summed E-state index contributed by atoms with van der Waals surface area (Å²) in [5.74, 6) is 1.85. The summed E-state index contributed by atoms with van der Waals surface area (Å²) in [6, 6.07) is 84.3. The van der Waals surface area contributed by atoms with E-state index < -0.39 is 5.41 Å². The number of aromatic nitrogens is 3. The number of benzene rings is 10. The molecule has 0 saturated carbocycles. The van der Waals surface area contributed by atoms with Crippen LogP contribution in [-0.4, -0.2) is 15.0 Å². The van der Waals surface area contributed by atoms with E-state index in [0.29, 0.717) is 17.5 Å². The van der Waals surface area contributed by atoms with Gasteiger partial charge in [-0.1, -0.05) is 206 Å². The molecule has 0 saturated heterocycles. The van der Waals surface area contributed by atoms with Crippen molar-refractivity contribution in [1.82, 2.24) is 15.0 Å². The lowest BCUT2D eigenvalue weighted by atomic mass is 9.67. The number of fused-ring (bicyclic) bond motifs is 7. The van der Waals surface area contributed by atoms with E-state index in [-0.39, 0.29) is 0 Å². The molecular formula is C62H39N3O. The number of rotatable bonds is 7. The third kappa shape index (κ3) is 5.96. The third-order valence-corrected chi connectivity index (χ3v) is 13.4. The minimum Gasteiger partial charge on any atom is -0.456 e. The van der Waals surface area contributed by atoms with Gasteiger partial charge in [0.1, 0.15) is 11.2 Å². The summed E-state index contributed by atoms with van der Waals surface area (Å²) in [6.45, 7) is 0. The van der Waals surface area contributed by atoms with Crippen LogP contribution in [0.2, 0.25) is 0 Å². The van der Waals surface area contributed by atoms with Crippen LogP contribution in [0.25, 0.3) is 100 Å². The summed E-state index contributed by atoms with van der Waals surface area (Å²) in [6.07, 6.45) is 0.